The SMILES string of the molecule is C/C=C/C=C/C(=O)NC[C@H](c1ccccc1Cl)c1c[nH]c2ccccc12. The Bertz CT molecular complexity index is 955. The molecule has 3 rings (SSSR count). The molecule has 0 fully saturated rings. The van der Waals surface area contributed by atoms with Crippen LogP contribution in [0.5, 0.6) is 0 Å². The number of aromatic amines is 1. The lowest BCUT2D eigenvalue weighted by atomic mass is 9.90. The van der Waals surface area contributed by atoms with Crippen LogP contribution in [0.15, 0.2) is 79.0 Å². The van der Waals surface area contributed by atoms with Crippen molar-refractivity contribution < 1.29 is 4.79 Å². The van der Waals surface area contributed by atoms with Gasteiger partial charge in [-0.3, -0.25) is 4.79 Å². The third-order valence-corrected chi connectivity index (χ3v) is 4.65. The lowest BCUT2D eigenvalue weighted by molar-refractivity contribution is -0.116. The van der Waals surface area contributed by atoms with Gasteiger partial charge in [-0.2, -0.15) is 0 Å². The molecule has 0 aliphatic carbocycles. The summed E-state index contributed by atoms with van der Waals surface area (Å²) in [6.45, 7) is 2.37. The van der Waals surface area contributed by atoms with Crippen LogP contribution >= 0.6 is 11.6 Å². The van der Waals surface area contributed by atoms with Crippen molar-refractivity contribution in [3.05, 3.63) is 95.2 Å². The Kier molecular flexibility index (Phi) is 5.92. The summed E-state index contributed by atoms with van der Waals surface area (Å²) < 4.78 is 0. The number of amides is 1. The van der Waals surface area contributed by atoms with Crippen molar-refractivity contribution in [1.82, 2.24) is 10.3 Å². The Morgan fingerprint density at radius 2 is 1.88 bits per heavy atom. The molecule has 1 aromatic heterocycles. The van der Waals surface area contributed by atoms with Gasteiger partial charge in [0.15, 0.2) is 0 Å². The van der Waals surface area contributed by atoms with Crippen LogP contribution < -0.4 is 5.32 Å². The molecule has 1 heterocycles. The van der Waals surface area contributed by atoms with Crippen molar-refractivity contribution in [3.63, 3.8) is 0 Å². The van der Waals surface area contributed by atoms with Crippen LogP contribution in [0.2, 0.25) is 5.02 Å². The zero-order chi connectivity index (χ0) is 18.4. The molecule has 0 aliphatic rings. The van der Waals surface area contributed by atoms with E-state index in [-0.39, 0.29) is 11.8 Å². The zero-order valence-corrected chi connectivity index (χ0v) is 15.3. The van der Waals surface area contributed by atoms with Gasteiger partial charge in [0.25, 0.3) is 0 Å². The lowest BCUT2D eigenvalue weighted by Crippen LogP contribution is -2.27. The molecule has 0 bridgehead atoms. The first-order chi connectivity index (χ1) is 12.7. The maximum absolute atomic E-state index is 12.1. The zero-order valence-electron chi connectivity index (χ0n) is 14.6. The second-order valence-electron chi connectivity index (χ2n) is 5.99. The van der Waals surface area contributed by atoms with Crippen molar-refractivity contribution in [2.45, 2.75) is 12.8 Å². The molecule has 4 heteroatoms. The number of carbonyl (C=O) groups excluding carboxylic acids is 1. The predicted octanol–water partition coefficient (Wildman–Crippen LogP) is 5.20. The molecular formula is C22H21ClN2O. The smallest absolute Gasteiger partial charge is 0.244 e. The summed E-state index contributed by atoms with van der Waals surface area (Å²) in [5.74, 6) is -0.168. The van der Waals surface area contributed by atoms with Crippen molar-refractivity contribution in [2.75, 3.05) is 6.54 Å². The summed E-state index contributed by atoms with van der Waals surface area (Å²) in [4.78, 5) is 15.4. The fourth-order valence-corrected chi connectivity index (χ4v) is 3.31. The molecular weight excluding hydrogens is 344 g/mol. The fourth-order valence-electron chi connectivity index (χ4n) is 3.04. The monoisotopic (exact) mass is 364 g/mol. The maximum Gasteiger partial charge on any atom is 0.244 e. The molecule has 3 aromatic rings. The minimum Gasteiger partial charge on any atom is -0.361 e. The normalized spacial score (nSPS) is 12.8. The van der Waals surface area contributed by atoms with Crippen molar-refractivity contribution in [3.8, 4) is 0 Å². The molecule has 0 unspecified atom stereocenters. The van der Waals surface area contributed by atoms with Gasteiger partial charge in [-0.05, 0) is 30.2 Å². The largest absolute Gasteiger partial charge is 0.361 e. The number of allylic oxidation sites excluding steroid dienone is 3. The Morgan fingerprint density at radius 3 is 2.69 bits per heavy atom. The van der Waals surface area contributed by atoms with E-state index in [1.54, 1.807) is 6.08 Å². The van der Waals surface area contributed by atoms with Crippen molar-refractivity contribution in [1.29, 1.82) is 0 Å². The number of nitrogens with one attached hydrogen (secondary N) is 2. The van der Waals surface area contributed by atoms with Crippen LogP contribution in [-0.2, 0) is 4.79 Å². The highest BCUT2D eigenvalue weighted by Crippen LogP contribution is 2.33. The molecule has 2 aromatic carbocycles. The summed E-state index contributed by atoms with van der Waals surface area (Å²) in [7, 11) is 0. The number of aromatic nitrogens is 1. The third-order valence-electron chi connectivity index (χ3n) is 4.31. The fraction of sp³-hybridized carbons (Fsp3) is 0.136. The van der Waals surface area contributed by atoms with E-state index >= 15 is 0 Å². The molecule has 0 saturated heterocycles. The number of fused-ring (bicyclic) bond motifs is 1. The van der Waals surface area contributed by atoms with Gasteiger partial charge in [-0.1, -0.05) is 66.2 Å². The van der Waals surface area contributed by atoms with Crippen LogP contribution in [0.25, 0.3) is 10.9 Å². The van der Waals surface area contributed by atoms with E-state index in [1.165, 1.54) is 6.08 Å². The summed E-state index contributed by atoms with van der Waals surface area (Å²) in [6.07, 6.45) is 8.96. The van der Waals surface area contributed by atoms with Crippen molar-refractivity contribution >= 4 is 28.4 Å². The first-order valence-corrected chi connectivity index (χ1v) is 8.96. The average molecular weight is 365 g/mol. The summed E-state index contributed by atoms with van der Waals surface area (Å²) >= 11 is 6.46. The van der Waals surface area contributed by atoms with Crippen LogP contribution in [-0.4, -0.2) is 17.4 Å². The molecule has 132 valence electrons. The van der Waals surface area contributed by atoms with Gasteiger partial charge in [-0.25, -0.2) is 0 Å². The van der Waals surface area contributed by atoms with Crippen LogP contribution in [0.4, 0.5) is 0 Å². The number of para-hydroxylation sites is 1. The first-order valence-electron chi connectivity index (χ1n) is 8.58. The van der Waals surface area contributed by atoms with Crippen LogP contribution in [0.1, 0.15) is 24.0 Å². The highest BCUT2D eigenvalue weighted by atomic mass is 35.5. The highest BCUT2D eigenvalue weighted by Gasteiger charge is 2.20. The third kappa shape index (κ3) is 4.06. The van der Waals surface area contributed by atoms with Crippen molar-refractivity contribution in [2.24, 2.45) is 0 Å². The van der Waals surface area contributed by atoms with E-state index in [0.29, 0.717) is 11.6 Å². The maximum atomic E-state index is 12.1. The van der Waals surface area contributed by atoms with Gasteiger partial charge < -0.3 is 10.3 Å². The second kappa shape index (κ2) is 8.54. The van der Waals surface area contributed by atoms with Gasteiger partial charge in [0, 0.05) is 40.7 Å². The molecule has 3 nitrogen and oxygen atoms in total. The molecule has 2 N–H and O–H groups in total. The number of carbonyl (C=O) groups is 1. The summed E-state index contributed by atoms with van der Waals surface area (Å²) in [6, 6.07) is 15.9. The molecule has 0 spiro atoms. The quantitative estimate of drug-likeness (QED) is 0.458. The van der Waals surface area contributed by atoms with Crippen LogP contribution in [0.3, 0.4) is 0 Å². The van der Waals surface area contributed by atoms with Crippen LogP contribution in [0, 0.1) is 0 Å². The molecule has 1 amide bonds. The standard InChI is InChI=1S/C22H21ClN2O/c1-2-3-4-13-22(26)25-15-18(16-9-5-7-11-20(16)23)19-14-24-21-12-8-6-10-17(19)21/h2-14,18,24H,15H2,1H3,(H,25,26)/b3-2+,13-4+/t18-/m1/s1. The number of rotatable bonds is 6. The number of halogens is 1. The molecule has 0 aliphatic heterocycles. The van der Waals surface area contributed by atoms with E-state index in [4.69, 9.17) is 11.6 Å². The topological polar surface area (TPSA) is 44.9 Å². The Labute approximate surface area is 158 Å². The highest BCUT2D eigenvalue weighted by molar-refractivity contribution is 6.31. The number of H-pyrrole nitrogens is 1. The Balaban J connectivity index is 1.93. The molecule has 0 radical (unpaired) electrons. The minimum absolute atomic E-state index is 0.0427. The van der Waals surface area contributed by atoms with Gasteiger partial charge >= 0.3 is 0 Å². The lowest BCUT2D eigenvalue weighted by Gasteiger charge is -2.19. The average Bonchev–Trinajstić information content (AvgIpc) is 3.08. The first kappa shape index (κ1) is 18.0. The van der Waals surface area contributed by atoms with Gasteiger partial charge in [0.2, 0.25) is 5.91 Å². The summed E-state index contributed by atoms with van der Waals surface area (Å²) in [5, 5.41) is 4.82. The second-order valence-corrected chi connectivity index (χ2v) is 6.40. The molecule has 26 heavy (non-hydrogen) atoms. The summed E-state index contributed by atoms with van der Waals surface area (Å²) in [5.41, 5.74) is 3.18. The van der Waals surface area contributed by atoms with E-state index in [2.05, 4.69) is 16.4 Å². The molecule has 0 saturated carbocycles. The molecule has 1 atom stereocenters. The minimum atomic E-state index is -0.125. The van der Waals surface area contributed by atoms with E-state index in [9.17, 15) is 4.79 Å². The van der Waals surface area contributed by atoms with Gasteiger partial charge in [0.05, 0.1) is 0 Å². The number of benzene rings is 2. The number of hydrogen-bond donors (Lipinski definition) is 2. The van der Waals surface area contributed by atoms with Gasteiger partial charge in [-0.15, -0.1) is 0 Å². The Morgan fingerprint density at radius 1 is 1.12 bits per heavy atom. The Hall–Kier alpha value is -2.78. The number of hydrogen-bond acceptors (Lipinski definition) is 1. The predicted molar refractivity (Wildman–Crippen MR) is 109 cm³/mol. The van der Waals surface area contributed by atoms with E-state index in [0.717, 1.165) is 22.0 Å². The van der Waals surface area contributed by atoms with E-state index < -0.39 is 0 Å². The van der Waals surface area contributed by atoms with E-state index in [1.807, 2.05) is 67.7 Å². The van der Waals surface area contributed by atoms with Gasteiger partial charge in [0.1, 0.15) is 0 Å².